The first-order valence-electron chi connectivity index (χ1n) is 19.7. The van der Waals surface area contributed by atoms with Crippen LogP contribution in [0.2, 0.25) is 0 Å². The summed E-state index contributed by atoms with van der Waals surface area (Å²) in [6, 6.07) is 0. The average Bonchev–Trinajstić information content (AvgIpc) is 3.98. The lowest BCUT2D eigenvalue weighted by Gasteiger charge is -2.17. The number of imide groups is 6. The van der Waals surface area contributed by atoms with E-state index in [1.807, 2.05) is 6.92 Å². The third-order valence-electron chi connectivity index (χ3n) is 10.5. The number of nitrogens with zero attached hydrogens (tertiary/aromatic N) is 6. The minimum Gasteiger partial charge on any atom is -0.282 e. The fourth-order valence-electron chi connectivity index (χ4n) is 7.05. The molecule has 6 heterocycles. The zero-order valence-corrected chi connectivity index (χ0v) is 33.7. The van der Waals surface area contributed by atoms with E-state index < -0.39 is 0 Å². The van der Waals surface area contributed by atoms with E-state index in [9.17, 15) is 57.5 Å². The van der Waals surface area contributed by atoms with Crippen LogP contribution in [0.3, 0.4) is 0 Å². The largest absolute Gasteiger partial charge is 0.282 e. The number of hydrogen-bond acceptors (Lipinski definition) is 12. The Morgan fingerprint density at radius 2 is 0.633 bits per heavy atom. The normalized spacial score (nSPS) is 22.1. The Balaban J connectivity index is 0.000000306. The molecule has 6 aliphatic rings. The molecule has 18 nitrogen and oxygen atoms in total. The summed E-state index contributed by atoms with van der Waals surface area (Å²) >= 11 is 0. The summed E-state index contributed by atoms with van der Waals surface area (Å²) in [6.45, 7) is 7.51. The van der Waals surface area contributed by atoms with E-state index >= 15 is 0 Å². The van der Waals surface area contributed by atoms with Crippen LogP contribution in [0.5, 0.6) is 0 Å². The fraction of sp³-hybridized carbons (Fsp3) is 0.561. The molecule has 0 bridgehead atoms. The lowest BCUT2D eigenvalue weighted by atomic mass is 10.1. The van der Waals surface area contributed by atoms with Crippen LogP contribution < -0.4 is 0 Å². The van der Waals surface area contributed by atoms with E-state index in [1.54, 1.807) is 13.8 Å². The number of rotatable bonds is 16. The lowest BCUT2D eigenvalue weighted by Crippen LogP contribution is -2.34. The van der Waals surface area contributed by atoms with Gasteiger partial charge < -0.3 is 0 Å². The van der Waals surface area contributed by atoms with Gasteiger partial charge in [0.05, 0.1) is 0 Å². The van der Waals surface area contributed by atoms with E-state index in [-0.39, 0.29) is 111 Å². The predicted octanol–water partition coefficient (Wildman–Crippen LogP) is 0.905. The smallest absolute Gasteiger partial charge is 0.253 e. The minimum atomic E-state index is -0.310. The first-order valence-corrected chi connectivity index (χ1v) is 19.7. The van der Waals surface area contributed by atoms with E-state index in [0.717, 1.165) is 14.7 Å². The van der Waals surface area contributed by atoms with E-state index in [2.05, 4.69) is 0 Å². The maximum atomic E-state index is 11.9. The monoisotopic (exact) mass is 833 g/mol. The molecule has 3 radical (unpaired) electrons. The van der Waals surface area contributed by atoms with Crippen molar-refractivity contribution < 1.29 is 57.5 Å². The summed E-state index contributed by atoms with van der Waals surface area (Å²) in [4.78, 5) is 145. The zero-order valence-electron chi connectivity index (χ0n) is 33.7. The topological polar surface area (TPSA) is 224 Å². The molecule has 0 aromatic heterocycles. The molecule has 323 valence electrons. The van der Waals surface area contributed by atoms with Crippen molar-refractivity contribution in [3.63, 3.8) is 0 Å². The Labute approximate surface area is 351 Å². The maximum Gasteiger partial charge on any atom is 0.253 e. The molecule has 0 aromatic rings. The van der Waals surface area contributed by atoms with Crippen molar-refractivity contribution in [1.29, 1.82) is 0 Å². The molecule has 6 aliphatic heterocycles. The highest BCUT2D eigenvalue weighted by atomic mass is 16.2. The molecule has 19 heteroatoms. The molecule has 6 rings (SSSR count). The Morgan fingerprint density at radius 3 is 0.850 bits per heavy atom. The van der Waals surface area contributed by atoms with Crippen molar-refractivity contribution >= 4 is 79.3 Å². The lowest BCUT2D eigenvalue weighted by molar-refractivity contribution is -0.141. The number of likely N-dealkylation sites (tertiary alicyclic amines) is 3. The van der Waals surface area contributed by atoms with Crippen molar-refractivity contribution in [2.75, 3.05) is 39.3 Å². The van der Waals surface area contributed by atoms with E-state index in [0.29, 0.717) is 97.1 Å². The van der Waals surface area contributed by atoms with Crippen LogP contribution in [-0.2, 0) is 57.5 Å². The zero-order chi connectivity index (χ0) is 42.7. The highest BCUT2D eigenvalue weighted by Gasteiger charge is 2.38. The van der Waals surface area contributed by atoms with Gasteiger partial charge in [-0.05, 0) is 44.9 Å². The Bertz CT molecular complexity index is 1740. The molecular weight excluding hydrogens is 779 g/mol. The molecule has 12 amide bonds. The first-order chi connectivity index (χ1) is 27.5. The highest BCUT2D eigenvalue weighted by Crippen LogP contribution is 2.24. The van der Waals surface area contributed by atoms with Crippen molar-refractivity contribution in [2.45, 2.75) is 92.4 Å². The number of unbranched alkanes of at least 4 members (excludes halogenated alkanes) is 3. The molecule has 3 atom stereocenters. The van der Waals surface area contributed by atoms with Crippen LogP contribution in [0.25, 0.3) is 0 Å². The first kappa shape index (κ1) is 50.3. The Hall–Kier alpha value is -5.88. The van der Waals surface area contributed by atoms with Gasteiger partial charge in [0, 0.05) is 121 Å². The van der Waals surface area contributed by atoms with Gasteiger partial charge >= 0.3 is 0 Å². The minimum absolute atomic E-state index is 0. The van der Waals surface area contributed by atoms with Crippen LogP contribution in [0, 0.1) is 17.8 Å². The molecular formula is C41H54BN6O12. The summed E-state index contributed by atoms with van der Waals surface area (Å²) in [5, 5.41) is 0. The number of amides is 12. The third kappa shape index (κ3) is 12.6. The van der Waals surface area contributed by atoms with Gasteiger partial charge in [-0.2, -0.15) is 0 Å². The van der Waals surface area contributed by atoms with Crippen LogP contribution >= 0.6 is 0 Å². The Kier molecular flexibility index (Phi) is 19.3. The van der Waals surface area contributed by atoms with Crippen molar-refractivity contribution in [2.24, 2.45) is 17.8 Å². The van der Waals surface area contributed by atoms with Crippen LogP contribution in [0.4, 0.5) is 0 Å². The van der Waals surface area contributed by atoms with Crippen molar-refractivity contribution in [1.82, 2.24) is 29.4 Å². The molecule has 0 saturated carbocycles. The molecule has 0 aliphatic carbocycles. The number of carbonyl (C=O) groups excluding carboxylic acids is 12. The maximum absolute atomic E-state index is 11.9. The second kappa shape index (κ2) is 23.1. The summed E-state index contributed by atoms with van der Waals surface area (Å²) in [5.74, 6) is -3.12. The highest BCUT2D eigenvalue weighted by molar-refractivity contribution is 6.14. The van der Waals surface area contributed by atoms with Gasteiger partial charge in [0.15, 0.2) is 0 Å². The van der Waals surface area contributed by atoms with Gasteiger partial charge in [-0.15, -0.1) is 0 Å². The van der Waals surface area contributed by atoms with Crippen molar-refractivity contribution in [3.8, 4) is 0 Å². The SMILES string of the molecule is C.CC1CC(=O)N(CCCCN2C(=O)C=CC2=O)C1=O.CCC1CC(=O)N(CCCCN2C(=O)CC(C)C2=O)C1=O.O=C1C=CC(=O)N1CCCCN1C(=O)C=CC1=O.[B]. The van der Waals surface area contributed by atoms with Gasteiger partial charge in [0.2, 0.25) is 35.4 Å². The third-order valence-corrected chi connectivity index (χ3v) is 10.5. The molecule has 0 aromatic carbocycles. The summed E-state index contributed by atoms with van der Waals surface area (Å²) in [6.07, 6.45) is 12.6. The van der Waals surface area contributed by atoms with Crippen molar-refractivity contribution in [3.05, 3.63) is 36.5 Å². The number of hydrogen-bond donors (Lipinski definition) is 0. The van der Waals surface area contributed by atoms with E-state index in [4.69, 9.17) is 0 Å². The van der Waals surface area contributed by atoms with Gasteiger partial charge in [-0.3, -0.25) is 86.9 Å². The molecule has 0 N–H and O–H groups in total. The standard InChI is InChI=1S/C15H22N2O4.C13H16N2O4.C12H12N2O4.CH4.B/c1-3-11-9-13(19)17(15(11)21)7-5-4-6-16-12(18)8-10(2)14(16)20;1-9-8-12(18)15(13(9)19)7-3-2-6-14-10(16)4-5-11(14)17;15-9-3-4-10(16)13(9)7-1-2-8-14-11(17)5-6-12(14)18;;/h10-11H,3-9H2,1-2H3;4-5,9H,2-3,6-8H2,1H3;3-6H,1-2,7-8H2;1H4;. The second-order valence-corrected chi connectivity index (χ2v) is 14.8. The number of carbonyl (C=O) groups is 12. The summed E-state index contributed by atoms with van der Waals surface area (Å²) < 4.78 is 0. The summed E-state index contributed by atoms with van der Waals surface area (Å²) in [5.41, 5.74) is 0. The Morgan fingerprint density at radius 1 is 0.400 bits per heavy atom. The molecule has 3 saturated heterocycles. The molecule has 60 heavy (non-hydrogen) atoms. The van der Waals surface area contributed by atoms with Gasteiger partial charge in [0.25, 0.3) is 35.4 Å². The van der Waals surface area contributed by atoms with Crippen LogP contribution in [0.1, 0.15) is 92.4 Å². The predicted molar refractivity (Wildman–Crippen MR) is 214 cm³/mol. The second-order valence-electron chi connectivity index (χ2n) is 14.8. The molecule has 0 spiro atoms. The molecule has 3 unspecified atom stereocenters. The van der Waals surface area contributed by atoms with E-state index in [1.165, 1.54) is 51.2 Å². The summed E-state index contributed by atoms with van der Waals surface area (Å²) in [7, 11) is 0. The van der Waals surface area contributed by atoms with Crippen LogP contribution in [0.15, 0.2) is 36.5 Å². The van der Waals surface area contributed by atoms with Gasteiger partial charge in [0.1, 0.15) is 0 Å². The van der Waals surface area contributed by atoms with Crippen LogP contribution in [-0.4, -0.2) is 148 Å². The fourth-order valence-corrected chi connectivity index (χ4v) is 7.05. The van der Waals surface area contributed by atoms with Gasteiger partial charge in [-0.25, -0.2) is 0 Å². The van der Waals surface area contributed by atoms with Gasteiger partial charge in [-0.1, -0.05) is 28.2 Å². The quantitative estimate of drug-likeness (QED) is 0.120. The molecule has 3 fully saturated rings. The average molecular weight is 834 g/mol.